The molecule has 1 N–H and O–H groups in total. The summed E-state index contributed by atoms with van der Waals surface area (Å²) < 4.78 is 10.1. The first kappa shape index (κ1) is 15.8. The third-order valence-corrected chi connectivity index (χ3v) is 4.38. The molecule has 0 bridgehead atoms. The van der Waals surface area contributed by atoms with Gasteiger partial charge in [0.25, 0.3) is 0 Å². The maximum Gasteiger partial charge on any atom is 0.327 e. The van der Waals surface area contributed by atoms with Gasteiger partial charge in [0.15, 0.2) is 0 Å². The van der Waals surface area contributed by atoms with Crippen LogP contribution in [0.3, 0.4) is 0 Å². The average molecular weight is 291 g/mol. The van der Waals surface area contributed by atoms with Crippen LogP contribution in [0.1, 0.15) is 44.2 Å². The van der Waals surface area contributed by atoms with E-state index in [2.05, 4.69) is 12.2 Å². The van der Waals surface area contributed by atoms with Crippen molar-refractivity contribution in [1.82, 2.24) is 5.32 Å². The van der Waals surface area contributed by atoms with E-state index in [1.165, 1.54) is 26.4 Å². The molecule has 2 rings (SSSR count). The number of benzene rings is 1. The molecule has 0 radical (unpaired) electrons. The fourth-order valence-electron chi connectivity index (χ4n) is 2.99. The van der Waals surface area contributed by atoms with Gasteiger partial charge in [-0.05, 0) is 36.5 Å². The van der Waals surface area contributed by atoms with E-state index in [1.807, 2.05) is 24.3 Å². The van der Waals surface area contributed by atoms with Gasteiger partial charge in [0.05, 0.1) is 14.2 Å². The number of hydrogen-bond donors (Lipinski definition) is 1. The van der Waals surface area contributed by atoms with E-state index in [9.17, 15) is 4.79 Å². The zero-order valence-corrected chi connectivity index (χ0v) is 13.1. The summed E-state index contributed by atoms with van der Waals surface area (Å²) in [6, 6.07) is 7.53. The Balaban J connectivity index is 2.15. The summed E-state index contributed by atoms with van der Waals surface area (Å²) in [4.78, 5) is 12.1. The van der Waals surface area contributed by atoms with E-state index in [1.54, 1.807) is 7.11 Å². The van der Waals surface area contributed by atoms with Gasteiger partial charge in [-0.2, -0.15) is 0 Å². The Labute approximate surface area is 126 Å². The Morgan fingerprint density at radius 1 is 1.19 bits per heavy atom. The summed E-state index contributed by atoms with van der Waals surface area (Å²) >= 11 is 0. The highest BCUT2D eigenvalue weighted by molar-refractivity contribution is 5.77. The second-order valence-electron chi connectivity index (χ2n) is 5.76. The zero-order valence-electron chi connectivity index (χ0n) is 13.1. The lowest BCUT2D eigenvalue weighted by atomic mass is 9.85. The first-order chi connectivity index (χ1) is 10.2. The number of hydrogen-bond acceptors (Lipinski definition) is 4. The van der Waals surface area contributed by atoms with Crippen LogP contribution in [-0.2, 0) is 9.53 Å². The normalized spacial score (nSPS) is 23.4. The van der Waals surface area contributed by atoms with Crippen molar-refractivity contribution in [3.8, 4) is 5.75 Å². The summed E-state index contributed by atoms with van der Waals surface area (Å²) in [5, 5.41) is 3.49. The second kappa shape index (κ2) is 7.46. The Morgan fingerprint density at radius 3 is 2.43 bits per heavy atom. The molecule has 0 amide bonds. The molecule has 3 unspecified atom stereocenters. The molecule has 4 heteroatoms. The summed E-state index contributed by atoms with van der Waals surface area (Å²) in [5.41, 5.74) is 0.917. The fraction of sp³-hybridized carbons (Fsp3) is 0.588. The molecule has 21 heavy (non-hydrogen) atoms. The fourth-order valence-corrected chi connectivity index (χ4v) is 2.99. The standard InChI is InChI=1S/C17H25NO3/c1-12-6-4-5-7-15(12)18-16(17(19)21-3)13-8-10-14(20-2)11-9-13/h8-12,15-16,18H,4-7H2,1-3H3. The molecule has 1 aromatic carbocycles. The van der Waals surface area contributed by atoms with E-state index in [0.717, 1.165) is 17.7 Å². The maximum atomic E-state index is 12.1. The van der Waals surface area contributed by atoms with E-state index >= 15 is 0 Å². The Hall–Kier alpha value is -1.55. The zero-order chi connectivity index (χ0) is 15.2. The van der Waals surface area contributed by atoms with Crippen LogP contribution in [0.15, 0.2) is 24.3 Å². The molecule has 1 fully saturated rings. The Morgan fingerprint density at radius 2 is 1.86 bits per heavy atom. The van der Waals surface area contributed by atoms with Gasteiger partial charge in [-0.1, -0.05) is 31.9 Å². The van der Waals surface area contributed by atoms with Crippen LogP contribution in [0.5, 0.6) is 5.75 Å². The quantitative estimate of drug-likeness (QED) is 0.847. The SMILES string of the molecule is COC(=O)C(NC1CCCCC1C)c1ccc(OC)cc1. The lowest BCUT2D eigenvalue weighted by molar-refractivity contribution is -0.143. The van der Waals surface area contributed by atoms with Gasteiger partial charge in [0.1, 0.15) is 11.8 Å². The van der Waals surface area contributed by atoms with Crippen molar-refractivity contribution in [3.05, 3.63) is 29.8 Å². The van der Waals surface area contributed by atoms with Crippen LogP contribution in [0, 0.1) is 5.92 Å². The van der Waals surface area contributed by atoms with Crippen molar-refractivity contribution < 1.29 is 14.3 Å². The van der Waals surface area contributed by atoms with E-state index < -0.39 is 6.04 Å². The van der Waals surface area contributed by atoms with Crippen LogP contribution in [0.2, 0.25) is 0 Å². The number of methoxy groups -OCH3 is 2. The topological polar surface area (TPSA) is 47.6 Å². The van der Waals surface area contributed by atoms with Crippen LogP contribution in [-0.4, -0.2) is 26.2 Å². The molecule has 0 heterocycles. The molecule has 4 nitrogen and oxygen atoms in total. The molecule has 116 valence electrons. The van der Waals surface area contributed by atoms with Gasteiger partial charge in [-0.15, -0.1) is 0 Å². The van der Waals surface area contributed by atoms with Gasteiger partial charge < -0.3 is 9.47 Å². The molecule has 1 aliphatic carbocycles. The van der Waals surface area contributed by atoms with E-state index in [0.29, 0.717) is 12.0 Å². The van der Waals surface area contributed by atoms with E-state index in [-0.39, 0.29) is 5.97 Å². The first-order valence-corrected chi connectivity index (χ1v) is 7.63. The predicted molar refractivity (Wildman–Crippen MR) is 82.3 cm³/mol. The smallest absolute Gasteiger partial charge is 0.327 e. The Bertz CT molecular complexity index is 458. The average Bonchev–Trinajstić information content (AvgIpc) is 2.53. The van der Waals surface area contributed by atoms with Gasteiger partial charge in [-0.25, -0.2) is 4.79 Å². The molecular formula is C17H25NO3. The summed E-state index contributed by atoms with van der Waals surface area (Å²) in [6.45, 7) is 2.25. The molecule has 3 atom stereocenters. The highest BCUT2D eigenvalue weighted by Crippen LogP contribution is 2.27. The number of rotatable bonds is 5. The summed E-state index contributed by atoms with van der Waals surface area (Å²) in [5.74, 6) is 1.13. The lowest BCUT2D eigenvalue weighted by Crippen LogP contribution is -2.42. The number of esters is 1. The van der Waals surface area contributed by atoms with Crippen LogP contribution < -0.4 is 10.1 Å². The van der Waals surface area contributed by atoms with Gasteiger partial charge in [-0.3, -0.25) is 5.32 Å². The molecule has 1 saturated carbocycles. The van der Waals surface area contributed by atoms with Crippen molar-refractivity contribution >= 4 is 5.97 Å². The van der Waals surface area contributed by atoms with Crippen molar-refractivity contribution in [2.75, 3.05) is 14.2 Å². The largest absolute Gasteiger partial charge is 0.497 e. The van der Waals surface area contributed by atoms with E-state index in [4.69, 9.17) is 9.47 Å². The van der Waals surface area contributed by atoms with Gasteiger partial charge >= 0.3 is 5.97 Å². The summed E-state index contributed by atoms with van der Waals surface area (Å²) in [6.07, 6.45) is 4.84. The minimum absolute atomic E-state index is 0.238. The molecule has 0 spiro atoms. The number of ether oxygens (including phenoxy) is 2. The van der Waals surface area contributed by atoms with Crippen molar-refractivity contribution in [1.29, 1.82) is 0 Å². The molecule has 0 aliphatic heterocycles. The van der Waals surface area contributed by atoms with Crippen LogP contribution in [0.4, 0.5) is 0 Å². The Kier molecular flexibility index (Phi) is 5.62. The highest BCUT2D eigenvalue weighted by atomic mass is 16.5. The third-order valence-electron chi connectivity index (χ3n) is 4.38. The molecule has 0 aromatic heterocycles. The number of nitrogens with one attached hydrogen (secondary N) is 1. The van der Waals surface area contributed by atoms with Gasteiger partial charge in [0, 0.05) is 6.04 Å². The minimum atomic E-state index is -0.411. The molecule has 1 aliphatic rings. The monoisotopic (exact) mass is 291 g/mol. The van der Waals surface area contributed by atoms with Crippen LogP contribution >= 0.6 is 0 Å². The maximum absolute atomic E-state index is 12.1. The summed E-state index contributed by atoms with van der Waals surface area (Å²) in [7, 11) is 3.07. The lowest BCUT2D eigenvalue weighted by Gasteiger charge is -2.32. The number of carbonyl (C=O) groups excluding carboxylic acids is 1. The van der Waals surface area contributed by atoms with Crippen LogP contribution in [0.25, 0.3) is 0 Å². The predicted octanol–water partition coefficient (Wildman–Crippen LogP) is 3.08. The van der Waals surface area contributed by atoms with Gasteiger partial charge in [0.2, 0.25) is 0 Å². The molecule has 0 saturated heterocycles. The minimum Gasteiger partial charge on any atom is -0.497 e. The molecule has 1 aromatic rings. The second-order valence-corrected chi connectivity index (χ2v) is 5.76. The van der Waals surface area contributed by atoms with Crippen molar-refractivity contribution in [2.45, 2.75) is 44.7 Å². The van der Waals surface area contributed by atoms with Crippen molar-refractivity contribution in [2.24, 2.45) is 5.92 Å². The molecular weight excluding hydrogens is 266 g/mol. The number of carbonyl (C=O) groups is 1. The van der Waals surface area contributed by atoms with Crippen molar-refractivity contribution in [3.63, 3.8) is 0 Å². The highest BCUT2D eigenvalue weighted by Gasteiger charge is 2.28. The first-order valence-electron chi connectivity index (χ1n) is 7.63. The third kappa shape index (κ3) is 3.97.